The number of aromatic nitrogens is 3. The van der Waals surface area contributed by atoms with E-state index in [9.17, 15) is 4.79 Å². The molecule has 1 saturated heterocycles. The van der Waals surface area contributed by atoms with Gasteiger partial charge >= 0.3 is 0 Å². The highest BCUT2D eigenvalue weighted by Gasteiger charge is 2.21. The van der Waals surface area contributed by atoms with E-state index < -0.39 is 0 Å². The van der Waals surface area contributed by atoms with Crippen LogP contribution in [-0.4, -0.2) is 46.8 Å². The van der Waals surface area contributed by atoms with Gasteiger partial charge in [-0.3, -0.25) is 4.79 Å². The summed E-state index contributed by atoms with van der Waals surface area (Å²) in [4.78, 5) is 28.4. The Bertz CT molecular complexity index is 1110. The molecular formula is C21H24ClN5O2S2. The lowest BCUT2D eigenvalue weighted by Crippen LogP contribution is -2.34. The minimum Gasteiger partial charge on any atom is -0.495 e. The number of nitrogens with zero attached hydrogens (tertiary/aromatic N) is 4. The number of fused-ring (bicyclic) bond motifs is 1. The summed E-state index contributed by atoms with van der Waals surface area (Å²) in [6, 6.07) is 3.51. The predicted octanol–water partition coefficient (Wildman–Crippen LogP) is 5.02. The van der Waals surface area contributed by atoms with Crippen LogP contribution in [0.3, 0.4) is 0 Å². The first-order valence-corrected chi connectivity index (χ1v) is 12.3. The highest BCUT2D eigenvalue weighted by molar-refractivity contribution is 8.00. The summed E-state index contributed by atoms with van der Waals surface area (Å²) < 4.78 is 6.26. The summed E-state index contributed by atoms with van der Waals surface area (Å²) in [5.74, 6) is 1.26. The number of anilines is 2. The van der Waals surface area contributed by atoms with Gasteiger partial charge in [-0.1, -0.05) is 41.6 Å². The Balaban J connectivity index is 1.46. The summed E-state index contributed by atoms with van der Waals surface area (Å²) in [6.45, 7) is 6.19. The van der Waals surface area contributed by atoms with Crippen molar-refractivity contribution in [3.63, 3.8) is 0 Å². The third kappa shape index (κ3) is 5.05. The van der Waals surface area contributed by atoms with Crippen molar-refractivity contribution in [1.29, 1.82) is 0 Å². The van der Waals surface area contributed by atoms with Gasteiger partial charge in [-0.25, -0.2) is 9.97 Å². The van der Waals surface area contributed by atoms with Crippen molar-refractivity contribution < 1.29 is 9.53 Å². The van der Waals surface area contributed by atoms with E-state index in [-0.39, 0.29) is 11.7 Å². The van der Waals surface area contributed by atoms with Gasteiger partial charge in [-0.15, -0.1) is 0 Å². The van der Waals surface area contributed by atoms with Crippen LogP contribution in [0.4, 0.5) is 10.8 Å². The van der Waals surface area contributed by atoms with Crippen LogP contribution in [0.15, 0.2) is 23.5 Å². The van der Waals surface area contributed by atoms with Gasteiger partial charge in [0.1, 0.15) is 21.8 Å². The van der Waals surface area contributed by atoms with Gasteiger partial charge < -0.3 is 15.0 Å². The molecular weight excluding hydrogens is 454 g/mol. The molecule has 1 aliphatic heterocycles. The Morgan fingerprint density at radius 2 is 2.26 bits per heavy atom. The van der Waals surface area contributed by atoms with Crippen molar-refractivity contribution in [2.45, 2.75) is 31.7 Å². The molecule has 0 spiro atoms. The van der Waals surface area contributed by atoms with Gasteiger partial charge in [0.2, 0.25) is 5.91 Å². The number of benzene rings is 1. The van der Waals surface area contributed by atoms with Gasteiger partial charge in [-0.05, 0) is 37.3 Å². The maximum Gasteiger partial charge on any atom is 0.234 e. The van der Waals surface area contributed by atoms with Crippen LogP contribution in [0.2, 0.25) is 5.02 Å². The monoisotopic (exact) mass is 477 g/mol. The number of carbonyl (C=O) groups excluding carboxylic acids is 1. The standard InChI is InChI=1S/C21H24ClN5O2S2/c1-12-5-4-6-27(9-12)21-26-19-18(31-21)20(24-11-23-19)30-10-17(28)25-15-7-13(2)14(22)8-16(15)29-3/h7-8,11-12H,4-6,9-10H2,1-3H3,(H,25,28)/t12-/m1/s1. The number of piperidine rings is 1. The van der Waals surface area contributed by atoms with E-state index in [4.69, 9.17) is 21.3 Å². The molecule has 1 amide bonds. The van der Waals surface area contributed by atoms with Crippen molar-refractivity contribution in [2.24, 2.45) is 5.92 Å². The SMILES string of the molecule is COc1cc(Cl)c(C)cc1NC(=O)CSc1ncnc2nc(N3CCC[C@@H](C)C3)sc12. The molecule has 1 atom stereocenters. The Morgan fingerprint density at radius 1 is 1.42 bits per heavy atom. The smallest absolute Gasteiger partial charge is 0.234 e. The fourth-order valence-corrected chi connectivity index (χ4v) is 5.65. The van der Waals surface area contributed by atoms with Crippen LogP contribution in [0.25, 0.3) is 10.3 Å². The molecule has 164 valence electrons. The van der Waals surface area contributed by atoms with E-state index in [1.54, 1.807) is 24.5 Å². The molecule has 3 heterocycles. The Labute approximate surface area is 194 Å². The summed E-state index contributed by atoms with van der Waals surface area (Å²) in [5, 5.41) is 5.25. The molecule has 1 aromatic carbocycles. The fraction of sp³-hybridized carbons (Fsp3) is 0.429. The van der Waals surface area contributed by atoms with Crippen LogP contribution in [0, 0.1) is 12.8 Å². The molecule has 0 bridgehead atoms. The first-order valence-electron chi connectivity index (χ1n) is 10.1. The van der Waals surface area contributed by atoms with Crippen molar-refractivity contribution in [1.82, 2.24) is 15.0 Å². The fourth-order valence-electron chi connectivity index (χ4n) is 3.57. The number of rotatable bonds is 6. The van der Waals surface area contributed by atoms with Crippen LogP contribution < -0.4 is 15.0 Å². The van der Waals surface area contributed by atoms with E-state index in [0.29, 0.717) is 28.0 Å². The number of halogens is 1. The number of thioether (sulfide) groups is 1. The summed E-state index contributed by atoms with van der Waals surface area (Å²) in [7, 11) is 1.55. The lowest BCUT2D eigenvalue weighted by atomic mass is 10.0. The summed E-state index contributed by atoms with van der Waals surface area (Å²) in [5.41, 5.74) is 2.15. The van der Waals surface area contributed by atoms with Crippen molar-refractivity contribution in [3.8, 4) is 5.75 Å². The molecule has 4 rings (SSSR count). The Kier molecular flexibility index (Phi) is 6.83. The number of thiazole rings is 1. The molecule has 10 heteroatoms. The van der Waals surface area contributed by atoms with E-state index >= 15 is 0 Å². The van der Waals surface area contributed by atoms with Crippen LogP contribution >= 0.6 is 34.7 Å². The largest absolute Gasteiger partial charge is 0.495 e. The zero-order valence-electron chi connectivity index (χ0n) is 17.6. The minimum absolute atomic E-state index is 0.147. The zero-order chi connectivity index (χ0) is 22.0. The highest BCUT2D eigenvalue weighted by Crippen LogP contribution is 2.36. The molecule has 2 aromatic heterocycles. The van der Waals surface area contributed by atoms with E-state index in [0.717, 1.165) is 33.5 Å². The molecule has 31 heavy (non-hydrogen) atoms. The summed E-state index contributed by atoms with van der Waals surface area (Å²) >= 11 is 9.13. The lowest BCUT2D eigenvalue weighted by Gasteiger charge is -2.30. The number of hydrogen-bond acceptors (Lipinski definition) is 8. The highest BCUT2D eigenvalue weighted by atomic mass is 35.5. The number of ether oxygens (including phenoxy) is 1. The molecule has 0 radical (unpaired) electrons. The molecule has 0 aliphatic carbocycles. The third-order valence-corrected chi connectivity index (χ3v) is 7.81. The van der Waals surface area contributed by atoms with Crippen LogP contribution in [0.1, 0.15) is 25.3 Å². The second-order valence-corrected chi connectivity index (χ2v) is 10.0. The van der Waals surface area contributed by atoms with Crippen LogP contribution in [-0.2, 0) is 4.79 Å². The molecule has 7 nitrogen and oxygen atoms in total. The summed E-state index contributed by atoms with van der Waals surface area (Å²) in [6.07, 6.45) is 3.95. The maximum atomic E-state index is 12.6. The normalized spacial score (nSPS) is 16.5. The van der Waals surface area contributed by atoms with Crippen molar-refractivity contribution in [2.75, 3.05) is 36.2 Å². The Hall–Kier alpha value is -2.10. The number of methoxy groups -OCH3 is 1. The number of aryl methyl sites for hydroxylation is 1. The third-order valence-electron chi connectivity index (χ3n) is 5.17. The topological polar surface area (TPSA) is 80.2 Å². The molecule has 1 fully saturated rings. The second kappa shape index (κ2) is 9.58. The van der Waals surface area contributed by atoms with Gasteiger partial charge in [-0.2, -0.15) is 4.98 Å². The predicted molar refractivity (Wildman–Crippen MR) is 128 cm³/mol. The number of carbonyl (C=O) groups is 1. The first-order chi connectivity index (χ1) is 14.9. The van der Waals surface area contributed by atoms with Crippen molar-refractivity contribution in [3.05, 3.63) is 29.0 Å². The van der Waals surface area contributed by atoms with Crippen LogP contribution in [0.5, 0.6) is 5.75 Å². The second-order valence-electron chi connectivity index (χ2n) is 7.66. The maximum absolute atomic E-state index is 12.6. The van der Waals surface area contributed by atoms with Crippen molar-refractivity contribution >= 4 is 61.8 Å². The zero-order valence-corrected chi connectivity index (χ0v) is 20.0. The molecule has 0 saturated carbocycles. The molecule has 3 aromatic rings. The minimum atomic E-state index is -0.147. The van der Waals surface area contributed by atoms with Gasteiger partial charge in [0.05, 0.1) is 18.6 Å². The van der Waals surface area contributed by atoms with Gasteiger partial charge in [0.15, 0.2) is 10.8 Å². The first kappa shape index (κ1) is 22.1. The number of nitrogens with one attached hydrogen (secondary N) is 1. The average Bonchev–Trinajstić information content (AvgIpc) is 3.20. The molecule has 0 unspecified atom stereocenters. The van der Waals surface area contributed by atoms with Gasteiger partial charge in [0, 0.05) is 24.2 Å². The van der Waals surface area contributed by atoms with Gasteiger partial charge in [0.25, 0.3) is 0 Å². The quantitative estimate of drug-likeness (QED) is 0.394. The molecule has 1 aliphatic rings. The lowest BCUT2D eigenvalue weighted by molar-refractivity contribution is -0.113. The molecule has 1 N–H and O–H groups in total. The van der Waals surface area contributed by atoms with E-state index in [1.807, 2.05) is 13.0 Å². The van der Waals surface area contributed by atoms with E-state index in [1.165, 1.54) is 30.9 Å². The Morgan fingerprint density at radius 3 is 3.03 bits per heavy atom. The average molecular weight is 478 g/mol. The number of hydrogen-bond donors (Lipinski definition) is 1. The number of amides is 1. The van der Waals surface area contributed by atoms with E-state index in [2.05, 4.69) is 27.1 Å².